The zero-order chi connectivity index (χ0) is 13.0. The maximum Gasteiger partial charge on any atom is 0.144 e. The van der Waals surface area contributed by atoms with Crippen LogP contribution in [0.3, 0.4) is 0 Å². The van der Waals surface area contributed by atoms with Crippen LogP contribution < -0.4 is 0 Å². The maximum atomic E-state index is 12.1. The van der Waals surface area contributed by atoms with E-state index in [-0.39, 0.29) is 11.8 Å². The number of carbonyl (C=O) groups is 1. The summed E-state index contributed by atoms with van der Waals surface area (Å²) in [6, 6.07) is 0. The van der Waals surface area contributed by atoms with Crippen LogP contribution in [0.5, 0.6) is 0 Å². The third-order valence-electron chi connectivity index (χ3n) is 3.86. The van der Waals surface area contributed by atoms with Crippen LogP contribution in [-0.4, -0.2) is 68.1 Å². The third-order valence-corrected chi connectivity index (χ3v) is 3.86. The summed E-state index contributed by atoms with van der Waals surface area (Å²) in [5.74, 6) is 0.862. The SMILES string of the molecule is C=CCN1CC2CN(CCOCC)CC(C1)C2=O. The van der Waals surface area contributed by atoms with Gasteiger partial charge in [0.15, 0.2) is 0 Å². The smallest absolute Gasteiger partial charge is 0.144 e. The molecule has 102 valence electrons. The molecular weight excluding hydrogens is 228 g/mol. The van der Waals surface area contributed by atoms with Crippen molar-refractivity contribution in [1.29, 1.82) is 0 Å². The molecule has 4 nitrogen and oxygen atoms in total. The van der Waals surface area contributed by atoms with Gasteiger partial charge in [0.25, 0.3) is 0 Å². The Kier molecular flexibility index (Phi) is 4.92. The molecule has 4 heteroatoms. The van der Waals surface area contributed by atoms with E-state index >= 15 is 0 Å². The quantitative estimate of drug-likeness (QED) is 0.513. The van der Waals surface area contributed by atoms with Gasteiger partial charge in [-0.25, -0.2) is 0 Å². The van der Waals surface area contributed by atoms with Gasteiger partial charge in [0.2, 0.25) is 0 Å². The highest BCUT2D eigenvalue weighted by atomic mass is 16.5. The third kappa shape index (κ3) is 3.19. The van der Waals surface area contributed by atoms with Gasteiger partial charge >= 0.3 is 0 Å². The van der Waals surface area contributed by atoms with E-state index in [1.54, 1.807) is 0 Å². The van der Waals surface area contributed by atoms with Crippen LogP contribution in [-0.2, 0) is 9.53 Å². The molecule has 2 heterocycles. The van der Waals surface area contributed by atoms with E-state index in [9.17, 15) is 4.79 Å². The summed E-state index contributed by atoms with van der Waals surface area (Å²) in [5, 5.41) is 0. The van der Waals surface area contributed by atoms with Crippen molar-refractivity contribution in [3.63, 3.8) is 0 Å². The highest BCUT2D eigenvalue weighted by Crippen LogP contribution is 2.25. The number of piperidine rings is 2. The summed E-state index contributed by atoms with van der Waals surface area (Å²) in [6.07, 6.45) is 1.93. The lowest BCUT2D eigenvalue weighted by molar-refractivity contribution is -0.137. The summed E-state index contributed by atoms with van der Waals surface area (Å²) in [4.78, 5) is 16.9. The topological polar surface area (TPSA) is 32.8 Å². The normalized spacial score (nSPS) is 29.5. The first kappa shape index (κ1) is 13.7. The van der Waals surface area contributed by atoms with E-state index in [2.05, 4.69) is 16.4 Å². The van der Waals surface area contributed by atoms with Crippen molar-refractivity contribution in [2.45, 2.75) is 6.92 Å². The van der Waals surface area contributed by atoms with E-state index in [0.717, 1.165) is 52.5 Å². The Hall–Kier alpha value is -0.710. The van der Waals surface area contributed by atoms with Crippen molar-refractivity contribution in [2.75, 3.05) is 52.5 Å². The summed E-state index contributed by atoms with van der Waals surface area (Å²) in [5.41, 5.74) is 0. The summed E-state index contributed by atoms with van der Waals surface area (Å²) >= 11 is 0. The standard InChI is InChI=1S/C14H24N2O2/c1-3-5-15-8-12-10-16(6-7-18-4-2)11-13(9-15)14(12)17/h3,12-13H,1,4-11H2,2H3. The van der Waals surface area contributed by atoms with E-state index in [1.165, 1.54) is 0 Å². The minimum absolute atomic E-state index is 0.194. The predicted octanol–water partition coefficient (Wildman–Crippen LogP) is 0.642. The van der Waals surface area contributed by atoms with Crippen molar-refractivity contribution < 1.29 is 9.53 Å². The van der Waals surface area contributed by atoms with Crippen molar-refractivity contribution >= 4 is 5.78 Å². The van der Waals surface area contributed by atoms with E-state index in [0.29, 0.717) is 5.78 Å². The molecule has 0 saturated carbocycles. The fourth-order valence-electron chi connectivity index (χ4n) is 3.06. The number of hydrogen-bond donors (Lipinski definition) is 0. The molecule has 0 spiro atoms. The molecule has 2 aliphatic heterocycles. The first-order valence-electron chi connectivity index (χ1n) is 6.91. The molecule has 2 saturated heterocycles. The Labute approximate surface area is 110 Å². The number of carbonyl (C=O) groups excluding carboxylic acids is 1. The van der Waals surface area contributed by atoms with Crippen LogP contribution in [0, 0.1) is 11.8 Å². The van der Waals surface area contributed by atoms with Crippen LogP contribution >= 0.6 is 0 Å². The molecule has 0 aromatic heterocycles. The van der Waals surface area contributed by atoms with Gasteiger partial charge in [0, 0.05) is 57.7 Å². The summed E-state index contributed by atoms with van der Waals surface area (Å²) in [7, 11) is 0. The predicted molar refractivity (Wildman–Crippen MR) is 71.6 cm³/mol. The minimum atomic E-state index is 0.194. The first-order chi connectivity index (χ1) is 8.74. The number of Topliss-reactive ketones (excluding diaryl/α,β-unsaturated/α-hetero) is 1. The molecule has 2 rings (SSSR count). The van der Waals surface area contributed by atoms with Gasteiger partial charge in [-0.05, 0) is 6.92 Å². The fourth-order valence-corrected chi connectivity index (χ4v) is 3.06. The number of nitrogens with zero attached hydrogens (tertiary/aromatic N) is 2. The van der Waals surface area contributed by atoms with Crippen molar-refractivity contribution in [2.24, 2.45) is 11.8 Å². The Balaban J connectivity index is 1.87. The molecule has 2 atom stereocenters. The number of ether oxygens (including phenoxy) is 1. The molecule has 0 aliphatic carbocycles. The second kappa shape index (κ2) is 6.45. The lowest BCUT2D eigenvalue weighted by Gasteiger charge is -2.44. The van der Waals surface area contributed by atoms with Crippen molar-refractivity contribution in [3.8, 4) is 0 Å². The van der Waals surface area contributed by atoms with E-state index in [4.69, 9.17) is 4.74 Å². The molecule has 0 amide bonds. The monoisotopic (exact) mass is 252 g/mol. The second-order valence-electron chi connectivity index (χ2n) is 5.26. The van der Waals surface area contributed by atoms with Crippen LogP contribution in [0.1, 0.15) is 6.92 Å². The average molecular weight is 252 g/mol. The zero-order valence-electron chi connectivity index (χ0n) is 11.3. The number of rotatable bonds is 6. The Morgan fingerprint density at radius 1 is 1.28 bits per heavy atom. The zero-order valence-corrected chi connectivity index (χ0v) is 11.3. The first-order valence-corrected chi connectivity index (χ1v) is 6.91. The molecule has 2 bridgehead atoms. The highest BCUT2D eigenvalue weighted by Gasteiger charge is 2.40. The number of likely N-dealkylation sites (tertiary alicyclic amines) is 2. The van der Waals surface area contributed by atoms with Gasteiger partial charge in [0.05, 0.1) is 6.61 Å². The Morgan fingerprint density at radius 3 is 2.44 bits per heavy atom. The second-order valence-corrected chi connectivity index (χ2v) is 5.26. The van der Waals surface area contributed by atoms with Gasteiger partial charge in [-0.15, -0.1) is 6.58 Å². The van der Waals surface area contributed by atoms with Crippen molar-refractivity contribution in [1.82, 2.24) is 9.80 Å². The van der Waals surface area contributed by atoms with Crippen molar-refractivity contribution in [3.05, 3.63) is 12.7 Å². The van der Waals surface area contributed by atoms with Crippen LogP contribution in [0.4, 0.5) is 0 Å². The van der Waals surface area contributed by atoms with Gasteiger partial charge in [0.1, 0.15) is 5.78 Å². The highest BCUT2D eigenvalue weighted by molar-refractivity contribution is 5.85. The molecule has 0 aromatic carbocycles. The molecule has 18 heavy (non-hydrogen) atoms. The molecule has 2 unspecified atom stereocenters. The lowest BCUT2D eigenvalue weighted by Crippen LogP contribution is -2.58. The van der Waals surface area contributed by atoms with Crippen LogP contribution in [0.15, 0.2) is 12.7 Å². The van der Waals surface area contributed by atoms with E-state index < -0.39 is 0 Å². The molecule has 0 radical (unpaired) electrons. The molecule has 2 aliphatic rings. The lowest BCUT2D eigenvalue weighted by atomic mass is 9.83. The van der Waals surface area contributed by atoms with Gasteiger partial charge in [-0.1, -0.05) is 6.08 Å². The maximum absolute atomic E-state index is 12.1. The average Bonchev–Trinajstić information content (AvgIpc) is 2.32. The number of hydrogen-bond acceptors (Lipinski definition) is 4. The van der Waals surface area contributed by atoms with E-state index in [1.807, 2.05) is 13.0 Å². The molecule has 2 fully saturated rings. The number of fused-ring (bicyclic) bond motifs is 2. The molecule has 0 N–H and O–H groups in total. The number of ketones is 1. The Morgan fingerprint density at radius 2 is 1.89 bits per heavy atom. The molecular formula is C14H24N2O2. The molecule has 0 aromatic rings. The van der Waals surface area contributed by atoms with Gasteiger partial charge in [-0.3, -0.25) is 14.6 Å². The fraction of sp³-hybridized carbons (Fsp3) is 0.786. The van der Waals surface area contributed by atoms with Gasteiger partial charge in [-0.2, -0.15) is 0 Å². The summed E-state index contributed by atoms with van der Waals surface area (Å²) in [6.45, 7) is 12.8. The Bertz CT molecular complexity index is 288. The minimum Gasteiger partial charge on any atom is -0.380 e. The summed E-state index contributed by atoms with van der Waals surface area (Å²) < 4.78 is 5.39. The largest absolute Gasteiger partial charge is 0.380 e. The van der Waals surface area contributed by atoms with Crippen LogP contribution in [0.25, 0.3) is 0 Å². The van der Waals surface area contributed by atoms with Crippen LogP contribution in [0.2, 0.25) is 0 Å². The van der Waals surface area contributed by atoms with Gasteiger partial charge < -0.3 is 4.74 Å².